The van der Waals surface area contributed by atoms with Gasteiger partial charge in [0.1, 0.15) is 5.69 Å². The van der Waals surface area contributed by atoms with E-state index < -0.39 is 0 Å². The van der Waals surface area contributed by atoms with Gasteiger partial charge in [0.15, 0.2) is 17.1 Å². The summed E-state index contributed by atoms with van der Waals surface area (Å²) in [5.74, 6) is 1.29. The minimum atomic E-state index is -0.0813. The molecule has 26 heavy (non-hydrogen) atoms. The van der Waals surface area contributed by atoms with Crippen molar-refractivity contribution in [2.24, 2.45) is 0 Å². The van der Waals surface area contributed by atoms with Crippen molar-refractivity contribution < 1.29 is 18.8 Å². The Labute approximate surface area is 152 Å². The third kappa shape index (κ3) is 3.96. The summed E-state index contributed by atoms with van der Waals surface area (Å²) in [5, 5.41) is 7.83. The molecule has 0 saturated heterocycles. The number of amides is 1. The van der Waals surface area contributed by atoms with Crippen molar-refractivity contribution in [2.75, 3.05) is 20.8 Å². The van der Waals surface area contributed by atoms with Crippen LogP contribution in [0.25, 0.3) is 11.0 Å². The molecule has 0 saturated carbocycles. The lowest BCUT2D eigenvalue weighted by Crippen LogP contribution is -2.27. The molecule has 3 rings (SSSR count). The molecule has 0 radical (unpaired) electrons. The molecule has 0 bridgehead atoms. The van der Waals surface area contributed by atoms with Crippen molar-refractivity contribution in [1.29, 1.82) is 0 Å². The number of methoxy groups -OCH3 is 2. The Morgan fingerprint density at radius 1 is 1.12 bits per heavy atom. The maximum atomic E-state index is 12.2. The molecular weight excluding hydrogens is 332 g/mol. The number of benzene rings is 2. The zero-order chi connectivity index (χ0) is 18.5. The Hall–Kier alpha value is -3.02. The van der Waals surface area contributed by atoms with Crippen molar-refractivity contribution in [3.8, 4) is 11.5 Å². The van der Waals surface area contributed by atoms with Crippen LogP contribution < -0.4 is 14.8 Å². The SMILES string of the molecule is COc1ccc(CCNC(=O)Cc2noc3ccc(C)cc23)cc1OC. The molecule has 0 unspecified atom stereocenters. The summed E-state index contributed by atoms with van der Waals surface area (Å²) in [6.07, 6.45) is 0.896. The van der Waals surface area contributed by atoms with Crippen LogP contribution in [0.15, 0.2) is 40.9 Å². The second kappa shape index (κ2) is 7.91. The Morgan fingerprint density at radius 2 is 1.92 bits per heavy atom. The number of aromatic nitrogens is 1. The first kappa shape index (κ1) is 17.8. The van der Waals surface area contributed by atoms with Gasteiger partial charge in [-0.05, 0) is 43.2 Å². The number of fused-ring (bicyclic) bond motifs is 1. The quantitative estimate of drug-likeness (QED) is 0.706. The summed E-state index contributed by atoms with van der Waals surface area (Å²) in [7, 11) is 3.21. The lowest BCUT2D eigenvalue weighted by atomic mass is 10.1. The van der Waals surface area contributed by atoms with Crippen LogP contribution in [0.1, 0.15) is 16.8 Å². The minimum absolute atomic E-state index is 0.0813. The van der Waals surface area contributed by atoms with Gasteiger partial charge >= 0.3 is 0 Å². The number of nitrogens with zero attached hydrogens (tertiary/aromatic N) is 1. The Balaban J connectivity index is 1.56. The van der Waals surface area contributed by atoms with Gasteiger partial charge in [0.2, 0.25) is 5.91 Å². The molecule has 1 amide bonds. The molecule has 0 aliphatic carbocycles. The monoisotopic (exact) mass is 354 g/mol. The number of nitrogens with one attached hydrogen (secondary N) is 1. The normalized spacial score (nSPS) is 10.7. The van der Waals surface area contributed by atoms with Crippen LogP contribution in [-0.4, -0.2) is 31.8 Å². The third-order valence-electron chi connectivity index (χ3n) is 4.21. The van der Waals surface area contributed by atoms with E-state index in [9.17, 15) is 4.79 Å². The van der Waals surface area contributed by atoms with Gasteiger partial charge in [-0.3, -0.25) is 4.79 Å². The molecule has 3 aromatic rings. The fourth-order valence-corrected chi connectivity index (χ4v) is 2.83. The van der Waals surface area contributed by atoms with Gasteiger partial charge in [-0.1, -0.05) is 22.9 Å². The van der Waals surface area contributed by atoms with Crippen LogP contribution >= 0.6 is 0 Å². The van der Waals surface area contributed by atoms with E-state index in [1.54, 1.807) is 14.2 Å². The molecule has 1 N–H and O–H groups in total. The van der Waals surface area contributed by atoms with E-state index in [1.807, 2.05) is 43.3 Å². The predicted molar refractivity (Wildman–Crippen MR) is 98.7 cm³/mol. The first-order valence-electron chi connectivity index (χ1n) is 8.43. The van der Waals surface area contributed by atoms with Crippen LogP contribution in [0.5, 0.6) is 11.5 Å². The summed E-state index contributed by atoms with van der Waals surface area (Å²) >= 11 is 0. The number of ether oxygens (including phenoxy) is 2. The average Bonchev–Trinajstić information content (AvgIpc) is 3.03. The van der Waals surface area contributed by atoms with Gasteiger partial charge in [0, 0.05) is 11.9 Å². The van der Waals surface area contributed by atoms with Gasteiger partial charge in [-0.2, -0.15) is 0 Å². The Morgan fingerprint density at radius 3 is 2.69 bits per heavy atom. The average molecular weight is 354 g/mol. The third-order valence-corrected chi connectivity index (χ3v) is 4.21. The van der Waals surface area contributed by atoms with Crippen molar-refractivity contribution in [3.63, 3.8) is 0 Å². The number of carbonyl (C=O) groups is 1. The number of carbonyl (C=O) groups excluding carboxylic acids is 1. The lowest BCUT2D eigenvalue weighted by molar-refractivity contribution is -0.120. The molecule has 1 aromatic heterocycles. The highest BCUT2D eigenvalue weighted by Gasteiger charge is 2.12. The zero-order valence-corrected chi connectivity index (χ0v) is 15.2. The van der Waals surface area contributed by atoms with E-state index in [-0.39, 0.29) is 12.3 Å². The van der Waals surface area contributed by atoms with E-state index >= 15 is 0 Å². The van der Waals surface area contributed by atoms with Crippen molar-refractivity contribution >= 4 is 16.9 Å². The van der Waals surface area contributed by atoms with Crippen LogP contribution in [0.2, 0.25) is 0 Å². The number of aryl methyl sites for hydroxylation is 1. The maximum Gasteiger partial charge on any atom is 0.226 e. The summed E-state index contributed by atoms with van der Waals surface area (Å²) in [6, 6.07) is 11.6. The molecule has 6 nitrogen and oxygen atoms in total. The first-order chi connectivity index (χ1) is 12.6. The van der Waals surface area contributed by atoms with Gasteiger partial charge in [-0.15, -0.1) is 0 Å². The van der Waals surface area contributed by atoms with E-state index in [2.05, 4.69) is 10.5 Å². The number of hydrogen-bond acceptors (Lipinski definition) is 5. The van der Waals surface area contributed by atoms with Crippen molar-refractivity contribution in [3.05, 3.63) is 53.2 Å². The molecule has 6 heteroatoms. The zero-order valence-electron chi connectivity index (χ0n) is 15.2. The summed E-state index contributed by atoms with van der Waals surface area (Å²) in [4.78, 5) is 12.2. The summed E-state index contributed by atoms with van der Waals surface area (Å²) in [6.45, 7) is 2.53. The molecule has 0 aliphatic heterocycles. The second-order valence-electron chi connectivity index (χ2n) is 6.09. The van der Waals surface area contributed by atoms with Crippen LogP contribution in [0.3, 0.4) is 0 Å². The van der Waals surface area contributed by atoms with Gasteiger partial charge in [-0.25, -0.2) is 0 Å². The van der Waals surface area contributed by atoms with Crippen molar-refractivity contribution in [1.82, 2.24) is 10.5 Å². The fourth-order valence-electron chi connectivity index (χ4n) is 2.83. The largest absolute Gasteiger partial charge is 0.493 e. The minimum Gasteiger partial charge on any atom is -0.493 e. The van der Waals surface area contributed by atoms with E-state index in [4.69, 9.17) is 14.0 Å². The molecule has 2 aromatic carbocycles. The molecule has 0 atom stereocenters. The van der Waals surface area contributed by atoms with Gasteiger partial charge in [0.25, 0.3) is 0 Å². The standard InChI is InChI=1S/C20H22N2O4/c1-13-4-6-17-15(10-13)16(22-26-17)12-20(23)21-9-8-14-5-7-18(24-2)19(11-14)25-3/h4-7,10-11H,8-9,12H2,1-3H3,(H,21,23). The summed E-state index contributed by atoms with van der Waals surface area (Å²) < 4.78 is 15.8. The number of hydrogen-bond donors (Lipinski definition) is 1. The molecule has 0 aliphatic rings. The van der Waals surface area contributed by atoms with E-state index in [0.29, 0.717) is 35.7 Å². The van der Waals surface area contributed by atoms with Crippen molar-refractivity contribution in [2.45, 2.75) is 19.8 Å². The first-order valence-corrected chi connectivity index (χ1v) is 8.43. The number of rotatable bonds is 7. The molecule has 0 spiro atoms. The highest BCUT2D eigenvalue weighted by Crippen LogP contribution is 2.27. The van der Waals surface area contributed by atoms with Gasteiger partial charge < -0.3 is 19.3 Å². The predicted octanol–water partition coefficient (Wildman–Crippen LogP) is 3.05. The Kier molecular flexibility index (Phi) is 5.41. The molecule has 1 heterocycles. The van der Waals surface area contributed by atoms with Crippen LogP contribution in [0.4, 0.5) is 0 Å². The smallest absolute Gasteiger partial charge is 0.226 e. The topological polar surface area (TPSA) is 73.6 Å². The molecular formula is C20H22N2O4. The molecule has 0 fully saturated rings. The van der Waals surface area contributed by atoms with Crippen LogP contribution in [-0.2, 0) is 17.6 Å². The van der Waals surface area contributed by atoms with E-state index in [0.717, 1.165) is 16.5 Å². The summed E-state index contributed by atoms with van der Waals surface area (Å²) in [5.41, 5.74) is 3.53. The molecule has 136 valence electrons. The van der Waals surface area contributed by atoms with Gasteiger partial charge in [0.05, 0.1) is 20.6 Å². The fraction of sp³-hybridized carbons (Fsp3) is 0.300. The van der Waals surface area contributed by atoms with Crippen LogP contribution in [0, 0.1) is 6.92 Å². The highest BCUT2D eigenvalue weighted by atomic mass is 16.5. The Bertz CT molecular complexity index is 917. The highest BCUT2D eigenvalue weighted by molar-refractivity contribution is 5.86. The maximum absolute atomic E-state index is 12.2. The second-order valence-corrected chi connectivity index (χ2v) is 6.09. The lowest BCUT2D eigenvalue weighted by Gasteiger charge is -2.10. The van der Waals surface area contributed by atoms with E-state index in [1.165, 1.54) is 0 Å².